The van der Waals surface area contributed by atoms with Gasteiger partial charge in [-0.05, 0) is 30.7 Å². The Morgan fingerprint density at radius 3 is 2.21 bits per heavy atom. The molecule has 0 bridgehead atoms. The van der Waals surface area contributed by atoms with Crippen LogP contribution in [0.4, 0.5) is 5.69 Å². The number of primary amides is 1. The first kappa shape index (κ1) is 14.7. The predicted molar refractivity (Wildman–Crippen MR) is 71.5 cm³/mol. The Bertz CT molecular complexity index is 482. The van der Waals surface area contributed by atoms with Crippen LogP contribution in [-0.4, -0.2) is 23.8 Å². The van der Waals surface area contributed by atoms with Crippen LogP contribution >= 0.6 is 0 Å². The van der Waals surface area contributed by atoms with E-state index in [0.717, 1.165) is 0 Å². The van der Waals surface area contributed by atoms with Gasteiger partial charge in [0.2, 0.25) is 11.8 Å². The number of hydrogen-bond donors (Lipinski definition) is 3. The van der Waals surface area contributed by atoms with Crippen molar-refractivity contribution in [1.82, 2.24) is 5.32 Å². The second kappa shape index (κ2) is 6.53. The van der Waals surface area contributed by atoms with Gasteiger partial charge in [-0.15, -0.1) is 0 Å². The van der Waals surface area contributed by atoms with Crippen LogP contribution in [0.2, 0.25) is 0 Å². The maximum atomic E-state index is 11.8. The molecule has 0 heterocycles. The van der Waals surface area contributed by atoms with Crippen molar-refractivity contribution in [3.8, 4) is 0 Å². The molecule has 19 heavy (non-hydrogen) atoms. The summed E-state index contributed by atoms with van der Waals surface area (Å²) in [6.45, 7) is 3.16. The minimum absolute atomic E-state index is 0.183. The molecule has 0 aliphatic rings. The average Bonchev–Trinajstić information content (AvgIpc) is 2.35. The van der Waals surface area contributed by atoms with Crippen molar-refractivity contribution < 1.29 is 14.4 Å². The number of amides is 3. The highest BCUT2D eigenvalue weighted by molar-refractivity contribution is 5.98. The molecular weight excluding hydrogens is 246 g/mol. The Morgan fingerprint density at radius 1 is 1.21 bits per heavy atom. The number of nitrogens with two attached hydrogens (primary N) is 1. The minimum Gasteiger partial charge on any atom is -0.368 e. The fourth-order valence-electron chi connectivity index (χ4n) is 1.52. The monoisotopic (exact) mass is 263 g/mol. The van der Waals surface area contributed by atoms with E-state index in [4.69, 9.17) is 5.73 Å². The second-order valence-electron chi connectivity index (χ2n) is 4.10. The molecule has 1 rings (SSSR count). The molecule has 102 valence electrons. The number of benzene rings is 1. The summed E-state index contributed by atoms with van der Waals surface area (Å²) in [4.78, 5) is 33.7. The van der Waals surface area contributed by atoms with Gasteiger partial charge in [0.25, 0.3) is 5.91 Å². The summed E-state index contributed by atoms with van der Waals surface area (Å²) in [6, 6.07) is 5.67. The number of nitrogens with one attached hydrogen (secondary N) is 2. The number of anilines is 1. The number of carbonyl (C=O) groups is 3. The molecule has 0 fully saturated rings. The van der Waals surface area contributed by atoms with Gasteiger partial charge >= 0.3 is 0 Å². The zero-order valence-corrected chi connectivity index (χ0v) is 10.9. The van der Waals surface area contributed by atoms with Gasteiger partial charge in [-0.2, -0.15) is 0 Å². The van der Waals surface area contributed by atoms with Gasteiger partial charge in [-0.25, -0.2) is 0 Å². The van der Waals surface area contributed by atoms with Crippen LogP contribution in [0.15, 0.2) is 24.3 Å². The van der Waals surface area contributed by atoms with Crippen molar-refractivity contribution in [2.45, 2.75) is 26.3 Å². The molecule has 4 N–H and O–H groups in total. The Labute approximate surface area is 111 Å². The van der Waals surface area contributed by atoms with Crippen LogP contribution in [0, 0.1) is 0 Å². The van der Waals surface area contributed by atoms with E-state index in [1.54, 1.807) is 31.2 Å². The summed E-state index contributed by atoms with van der Waals surface area (Å²) < 4.78 is 0. The smallest absolute Gasteiger partial charge is 0.251 e. The van der Waals surface area contributed by atoms with E-state index in [2.05, 4.69) is 10.6 Å². The Hall–Kier alpha value is -2.37. The zero-order chi connectivity index (χ0) is 14.4. The highest BCUT2D eigenvalue weighted by Gasteiger charge is 2.16. The molecule has 0 aromatic heterocycles. The molecule has 0 unspecified atom stereocenters. The van der Waals surface area contributed by atoms with Gasteiger partial charge < -0.3 is 16.4 Å². The summed E-state index contributed by atoms with van der Waals surface area (Å²) >= 11 is 0. The van der Waals surface area contributed by atoms with Gasteiger partial charge in [-0.1, -0.05) is 6.92 Å². The van der Waals surface area contributed by atoms with Crippen LogP contribution in [0.25, 0.3) is 0 Å². The van der Waals surface area contributed by atoms with Gasteiger partial charge in [-0.3, -0.25) is 14.4 Å². The third kappa shape index (κ3) is 4.42. The van der Waals surface area contributed by atoms with Crippen LogP contribution in [0.5, 0.6) is 0 Å². The predicted octanol–water partition coefficient (Wildman–Crippen LogP) is 0.639. The van der Waals surface area contributed by atoms with Gasteiger partial charge in [0.05, 0.1) is 0 Å². The van der Waals surface area contributed by atoms with E-state index >= 15 is 0 Å². The Balaban J connectivity index is 2.72. The normalized spacial score (nSPS) is 11.5. The lowest BCUT2D eigenvalue weighted by molar-refractivity contribution is -0.120. The molecule has 0 aliphatic carbocycles. The maximum absolute atomic E-state index is 11.8. The van der Waals surface area contributed by atoms with Crippen molar-refractivity contribution in [2.24, 2.45) is 5.73 Å². The molecule has 0 saturated heterocycles. The molecule has 3 amide bonds. The van der Waals surface area contributed by atoms with E-state index in [-0.39, 0.29) is 11.8 Å². The molecule has 0 spiro atoms. The van der Waals surface area contributed by atoms with Gasteiger partial charge in [0, 0.05) is 18.2 Å². The summed E-state index contributed by atoms with van der Waals surface area (Å²) in [6.07, 6.45) is 0.436. The molecule has 6 nitrogen and oxygen atoms in total. The third-order valence-electron chi connectivity index (χ3n) is 2.52. The van der Waals surface area contributed by atoms with Crippen LogP contribution < -0.4 is 16.4 Å². The van der Waals surface area contributed by atoms with E-state index in [1.165, 1.54) is 6.92 Å². The first-order chi connectivity index (χ1) is 8.93. The van der Waals surface area contributed by atoms with Crippen molar-refractivity contribution in [3.05, 3.63) is 29.8 Å². The first-order valence-electron chi connectivity index (χ1n) is 5.92. The molecule has 0 aliphatic heterocycles. The van der Waals surface area contributed by atoms with Crippen LogP contribution in [0.3, 0.4) is 0 Å². The summed E-state index contributed by atoms with van der Waals surface area (Å²) in [5.41, 5.74) is 6.15. The molecule has 1 aromatic rings. The molecule has 0 saturated carbocycles. The highest BCUT2D eigenvalue weighted by Crippen LogP contribution is 2.09. The molecule has 1 aromatic carbocycles. The molecular formula is C13H17N3O3. The van der Waals surface area contributed by atoms with Crippen molar-refractivity contribution in [3.63, 3.8) is 0 Å². The minimum atomic E-state index is -0.678. The SMILES string of the molecule is CC[C@H](NC(=O)c1ccc(NC(C)=O)cc1)C(N)=O. The van der Waals surface area contributed by atoms with E-state index in [0.29, 0.717) is 17.7 Å². The summed E-state index contributed by atoms with van der Waals surface area (Å²) in [7, 11) is 0. The highest BCUT2D eigenvalue weighted by atomic mass is 16.2. The average molecular weight is 263 g/mol. The fraction of sp³-hybridized carbons (Fsp3) is 0.308. The lowest BCUT2D eigenvalue weighted by Crippen LogP contribution is -2.43. The summed E-state index contributed by atoms with van der Waals surface area (Å²) in [5.74, 6) is -1.12. The van der Waals surface area contributed by atoms with Crippen LogP contribution in [-0.2, 0) is 9.59 Å². The zero-order valence-electron chi connectivity index (χ0n) is 10.9. The quantitative estimate of drug-likeness (QED) is 0.726. The van der Waals surface area contributed by atoms with E-state index in [9.17, 15) is 14.4 Å². The number of rotatable bonds is 5. The Kier molecular flexibility index (Phi) is 5.05. The van der Waals surface area contributed by atoms with E-state index < -0.39 is 11.9 Å². The van der Waals surface area contributed by atoms with E-state index in [1.807, 2.05) is 0 Å². The van der Waals surface area contributed by atoms with Crippen molar-refractivity contribution >= 4 is 23.4 Å². The summed E-state index contributed by atoms with van der Waals surface area (Å²) in [5, 5.41) is 5.14. The number of carbonyl (C=O) groups excluding carboxylic acids is 3. The van der Waals surface area contributed by atoms with Crippen molar-refractivity contribution in [2.75, 3.05) is 5.32 Å². The topological polar surface area (TPSA) is 101 Å². The number of hydrogen-bond acceptors (Lipinski definition) is 3. The maximum Gasteiger partial charge on any atom is 0.251 e. The molecule has 6 heteroatoms. The van der Waals surface area contributed by atoms with Gasteiger partial charge in [0.15, 0.2) is 0 Å². The molecule has 0 radical (unpaired) electrons. The first-order valence-corrected chi connectivity index (χ1v) is 5.92. The molecule has 1 atom stereocenters. The third-order valence-corrected chi connectivity index (χ3v) is 2.52. The van der Waals surface area contributed by atoms with Crippen LogP contribution in [0.1, 0.15) is 30.6 Å². The lowest BCUT2D eigenvalue weighted by atomic mass is 10.1. The fourth-order valence-corrected chi connectivity index (χ4v) is 1.52. The lowest BCUT2D eigenvalue weighted by Gasteiger charge is -2.13. The largest absolute Gasteiger partial charge is 0.368 e. The Morgan fingerprint density at radius 2 is 1.79 bits per heavy atom. The second-order valence-corrected chi connectivity index (χ2v) is 4.10. The van der Waals surface area contributed by atoms with Gasteiger partial charge in [0.1, 0.15) is 6.04 Å². The van der Waals surface area contributed by atoms with Crippen molar-refractivity contribution in [1.29, 1.82) is 0 Å². The standard InChI is InChI=1S/C13H17N3O3/c1-3-11(12(14)18)16-13(19)9-4-6-10(7-5-9)15-8(2)17/h4-7,11H,3H2,1-2H3,(H2,14,18)(H,15,17)(H,16,19)/t11-/m0/s1.